The molecule has 8 heteroatoms. The second-order valence-corrected chi connectivity index (χ2v) is 6.15. The zero-order valence-corrected chi connectivity index (χ0v) is 13.3. The van der Waals surface area contributed by atoms with E-state index in [4.69, 9.17) is 0 Å². The molecule has 0 aromatic heterocycles. The lowest BCUT2D eigenvalue weighted by molar-refractivity contribution is -0.190. The largest absolute Gasteiger partial charge is 0.471 e. The molecule has 2 unspecified atom stereocenters. The monoisotopic (exact) mass is 350 g/mol. The third kappa shape index (κ3) is 4.03. The maximum atomic E-state index is 13.9. The van der Waals surface area contributed by atoms with Gasteiger partial charge in [-0.05, 0) is 51.4 Å². The molecule has 1 N–H and O–H groups in total. The van der Waals surface area contributed by atoms with E-state index in [0.29, 0.717) is 13.0 Å². The number of hydrogen-bond acceptors (Lipinski definition) is 2. The van der Waals surface area contributed by atoms with E-state index >= 15 is 0 Å². The van der Waals surface area contributed by atoms with E-state index in [1.165, 1.54) is 13.8 Å². The lowest BCUT2D eigenvalue weighted by atomic mass is 9.91. The predicted octanol–water partition coefficient (Wildman–Crippen LogP) is 3.56. The number of piperidine rings is 1. The van der Waals surface area contributed by atoms with E-state index in [1.54, 1.807) is 0 Å². The standard InChI is InChI=1S/C16H19F5N2O/c1-9(2)23(15(24)16(19,20)21)11-5-6-22-14(8-11)12-7-10(17)3-4-13(12)18/h3-4,7,9,11,14,22H,5-6,8H2,1-2H3. The maximum Gasteiger partial charge on any atom is 0.471 e. The van der Waals surface area contributed by atoms with Crippen LogP contribution in [0.2, 0.25) is 0 Å². The van der Waals surface area contributed by atoms with Gasteiger partial charge in [-0.2, -0.15) is 13.2 Å². The molecule has 24 heavy (non-hydrogen) atoms. The second kappa shape index (κ2) is 7.04. The smallest absolute Gasteiger partial charge is 0.329 e. The molecule has 0 spiro atoms. The first-order chi connectivity index (χ1) is 11.1. The minimum Gasteiger partial charge on any atom is -0.329 e. The number of nitrogens with one attached hydrogen (secondary N) is 1. The Kier molecular flexibility index (Phi) is 5.47. The van der Waals surface area contributed by atoms with E-state index in [1.807, 2.05) is 0 Å². The van der Waals surface area contributed by atoms with Gasteiger partial charge in [0.2, 0.25) is 0 Å². The van der Waals surface area contributed by atoms with Crippen molar-refractivity contribution in [3.63, 3.8) is 0 Å². The number of rotatable bonds is 3. The van der Waals surface area contributed by atoms with Gasteiger partial charge >= 0.3 is 12.1 Å². The van der Waals surface area contributed by atoms with Crippen LogP contribution in [-0.2, 0) is 4.79 Å². The average molecular weight is 350 g/mol. The van der Waals surface area contributed by atoms with Crippen LogP contribution >= 0.6 is 0 Å². The summed E-state index contributed by atoms with van der Waals surface area (Å²) in [5.41, 5.74) is 0.0582. The van der Waals surface area contributed by atoms with E-state index in [2.05, 4.69) is 5.32 Å². The molecule has 1 aromatic carbocycles. The van der Waals surface area contributed by atoms with Gasteiger partial charge in [-0.1, -0.05) is 0 Å². The van der Waals surface area contributed by atoms with Gasteiger partial charge in [0.1, 0.15) is 11.6 Å². The third-order valence-electron chi connectivity index (χ3n) is 4.14. The van der Waals surface area contributed by atoms with Crippen molar-refractivity contribution in [1.29, 1.82) is 0 Å². The van der Waals surface area contributed by atoms with Crippen molar-refractivity contribution in [3.05, 3.63) is 35.4 Å². The Morgan fingerprint density at radius 1 is 1.29 bits per heavy atom. The number of alkyl halides is 3. The van der Waals surface area contributed by atoms with Crippen molar-refractivity contribution in [2.24, 2.45) is 0 Å². The number of nitrogens with zero attached hydrogens (tertiary/aromatic N) is 1. The summed E-state index contributed by atoms with van der Waals surface area (Å²) < 4.78 is 65.8. The highest BCUT2D eigenvalue weighted by atomic mass is 19.4. The van der Waals surface area contributed by atoms with Crippen LogP contribution in [0.25, 0.3) is 0 Å². The number of carbonyl (C=O) groups is 1. The highest BCUT2D eigenvalue weighted by molar-refractivity contribution is 5.82. The van der Waals surface area contributed by atoms with E-state index < -0.39 is 41.8 Å². The van der Waals surface area contributed by atoms with Gasteiger partial charge < -0.3 is 10.2 Å². The molecule has 1 aromatic rings. The topological polar surface area (TPSA) is 32.3 Å². The maximum absolute atomic E-state index is 13.9. The Balaban J connectivity index is 2.25. The summed E-state index contributed by atoms with van der Waals surface area (Å²) in [4.78, 5) is 12.5. The highest BCUT2D eigenvalue weighted by Crippen LogP contribution is 2.31. The van der Waals surface area contributed by atoms with Gasteiger partial charge in [-0.3, -0.25) is 4.79 Å². The lowest BCUT2D eigenvalue weighted by Gasteiger charge is -2.40. The van der Waals surface area contributed by atoms with Crippen LogP contribution < -0.4 is 5.32 Å². The summed E-state index contributed by atoms with van der Waals surface area (Å²) in [7, 11) is 0. The molecule has 0 aliphatic carbocycles. The van der Waals surface area contributed by atoms with Crippen LogP contribution in [0, 0.1) is 11.6 Å². The van der Waals surface area contributed by atoms with Gasteiger partial charge in [0.05, 0.1) is 0 Å². The number of hydrogen-bond donors (Lipinski definition) is 1. The third-order valence-corrected chi connectivity index (χ3v) is 4.14. The second-order valence-electron chi connectivity index (χ2n) is 6.15. The normalized spacial score (nSPS) is 21.8. The number of carbonyl (C=O) groups excluding carboxylic acids is 1. The van der Waals surface area contributed by atoms with Gasteiger partial charge in [-0.25, -0.2) is 8.78 Å². The lowest BCUT2D eigenvalue weighted by Crippen LogP contribution is -2.54. The SMILES string of the molecule is CC(C)N(C(=O)C(F)(F)F)C1CCNC(c2cc(F)ccc2F)C1. The fraction of sp³-hybridized carbons (Fsp3) is 0.562. The van der Waals surface area contributed by atoms with Gasteiger partial charge in [-0.15, -0.1) is 0 Å². The van der Waals surface area contributed by atoms with Crippen molar-refractivity contribution in [2.75, 3.05) is 6.54 Å². The molecule has 1 heterocycles. The summed E-state index contributed by atoms with van der Waals surface area (Å²) in [6.45, 7) is 3.31. The van der Waals surface area contributed by atoms with Crippen molar-refractivity contribution in [2.45, 2.75) is 51.0 Å². The zero-order valence-electron chi connectivity index (χ0n) is 13.3. The summed E-state index contributed by atoms with van der Waals surface area (Å²) >= 11 is 0. The van der Waals surface area contributed by atoms with Crippen LogP contribution in [0.4, 0.5) is 22.0 Å². The summed E-state index contributed by atoms with van der Waals surface area (Å²) in [5.74, 6) is -3.15. The molecule has 2 rings (SSSR count). The molecule has 1 saturated heterocycles. The molecule has 1 aliphatic heterocycles. The Labute approximate surface area is 136 Å². The van der Waals surface area contributed by atoms with Crippen LogP contribution in [0.15, 0.2) is 18.2 Å². The van der Waals surface area contributed by atoms with Crippen molar-refractivity contribution < 1.29 is 26.7 Å². The minimum absolute atomic E-state index is 0.0582. The van der Waals surface area contributed by atoms with Crippen LogP contribution in [0.1, 0.15) is 38.3 Å². The molecule has 3 nitrogen and oxygen atoms in total. The fourth-order valence-corrected chi connectivity index (χ4v) is 3.14. The molecule has 1 fully saturated rings. The minimum atomic E-state index is -4.96. The molecule has 134 valence electrons. The van der Waals surface area contributed by atoms with E-state index in [0.717, 1.165) is 23.1 Å². The Morgan fingerprint density at radius 3 is 2.54 bits per heavy atom. The van der Waals surface area contributed by atoms with Gasteiger partial charge in [0.15, 0.2) is 0 Å². The molecule has 1 amide bonds. The summed E-state index contributed by atoms with van der Waals surface area (Å²) in [5, 5.41) is 2.98. The quantitative estimate of drug-likeness (QED) is 0.846. The van der Waals surface area contributed by atoms with Crippen LogP contribution in [0.5, 0.6) is 0 Å². The van der Waals surface area contributed by atoms with Crippen molar-refractivity contribution in [3.8, 4) is 0 Å². The first kappa shape index (κ1) is 18.6. The fourth-order valence-electron chi connectivity index (χ4n) is 3.14. The number of benzene rings is 1. The first-order valence-electron chi connectivity index (χ1n) is 7.69. The number of halogens is 5. The molecule has 0 radical (unpaired) electrons. The molecule has 0 bridgehead atoms. The van der Waals surface area contributed by atoms with Gasteiger partial charge in [0.25, 0.3) is 0 Å². The zero-order chi connectivity index (χ0) is 18.1. The molecule has 2 atom stereocenters. The van der Waals surface area contributed by atoms with Crippen molar-refractivity contribution >= 4 is 5.91 Å². The van der Waals surface area contributed by atoms with Gasteiger partial charge in [0, 0.05) is 23.7 Å². The van der Waals surface area contributed by atoms with E-state index in [-0.39, 0.29) is 12.0 Å². The Bertz CT molecular complexity index is 603. The number of amides is 1. The molecule has 0 saturated carbocycles. The Morgan fingerprint density at radius 2 is 1.96 bits per heavy atom. The molecular weight excluding hydrogens is 331 g/mol. The molecule has 1 aliphatic rings. The van der Waals surface area contributed by atoms with Crippen LogP contribution in [-0.4, -0.2) is 35.6 Å². The summed E-state index contributed by atoms with van der Waals surface area (Å²) in [6.07, 6.45) is -4.57. The first-order valence-corrected chi connectivity index (χ1v) is 7.69. The average Bonchev–Trinajstić information content (AvgIpc) is 2.49. The van der Waals surface area contributed by atoms with Crippen LogP contribution in [0.3, 0.4) is 0 Å². The highest BCUT2D eigenvalue weighted by Gasteiger charge is 2.46. The Hall–Kier alpha value is -1.70. The van der Waals surface area contributed by atoms with Crippen molar-refractivity contribution in [1.82, 2.24) is 10.2 Å². The summed E-state index contributed by atoms with van der Waals surface area (Å²) in [6, 6.07) is 0.986. The predicted molar refractivity (Wildman–Crippen MR) is 78.2 cm³/mol. The molecular formula is C16H19F5N2O. The van der Waals surface area contributed by atoms with E-state index in [9.17, 15) is 26.7 Å².